The minimum atomic E-state index is -1.11. The van der Waals surface area contributed by atoms with E-state index >= 15 is 0 Å². The van der Waals surface area contributed by atoms with Gasteiger partial charge >= 0.3 is 11.9 Å². The molecule has 0 radical (unpaired) electrons. The molecule has 0 aliphatic carbocycles. The molecule has 0 amide bonds. The Labute approximate surface area is 132 Å². The van der Waals surface area contributed by atoms with Crippen molar-refractivity contribution in [1.29, 1.82) is 0 Å². The fraction of sp³-hybridized carbons (Fsp3) is 0.556. The first-order chi connectivity index (χ1) is 10.7. The summed E-state index contributed by atoms with van der Waals surface area (Å²) in [6, 6.07) is 6.13. The van der Waals surface area contributed by atoms with Crippen LogP contribution >= 0.6 is 0 Å². The molecule has 0 saturated heterocycles. The lowest BCUT2D eigenvalue weighted by Crippen LogP contribution is -2.12. The number of carboxylic acids is 1. The van der Waals surface area contributed by atoms with Crippen LogP contribution in [-0.2, 0) is 4.74 Å². The van der Waals surface area contributed by atoms with Crippen LogP contribution < -0.4 is 0 Å². The van der Waals surface area contributed by atoms with Crippen molar-refractivity contribution in [3.8, 4) is 0 Å². The van der Waals surface area contributed by atoms with Crippen molar-refractivity contribution in [3.05, 3.63) is 35.4 Å². The highest BCUT2D eigenvalue weighted by atomic mass is 16.5. The van der Waals surface area contributed by atoms with Crippen LogP contribution in [0.2, 0.25) is 0 Å². The number of carbonyl (C=O) groups is 2. The Kier molecular flexibility index (Phi) is 8.96. The molecule has 0 atom stereocenters. The highest BCUT2D eigenvalue weighted by molar-refractivity contribution is 6.02. The molecule has 22 heavy (non-hydrogen) atoms. The fourth-order valence-corrected chi connectivity index (χ4v) is 2.33. The van der Waals surface area contributed by atoms with Crippen LogP contribution in [0.1, 0.15) is 79.0 Å². The lowest BCUT2D eigenvalue weighted by Gasteiger charge is -2.07. The van der Waals surface area contributed by atoms with E-state index < -0.39 is 11.9 Å². The molecule has 0 heterocycles. The molecule has 1 aromatic carbocycles. The van der Waals surface area contributed by atoms with E-state index in [0.717, 1.165) is 19.3 Å². The average molecular weight is 306 g/mol. The summed E-state index contributed by atoms with van der Waals surface area (Å²) in [7, 11) is 0. The van der Waals surface area contributed by atoms with Gasteiger partial charge in [0.2, 0.25) is 0 Å². The molecule has 0 fully saturated rings. The number of rotatable bonds is 11. The first kappa shape index (κ1) is 18.2. The highest BCUT2D eigenvalue weighted by Crippen LogP contribution is 2.12. The predicted molar refractivity (Wildman–Crippen MR) is 86.3 cm³/mol. The summed E-state index contributed by atoms with van der Waals surface area (Å²) in [4.78, 5) is 22.9. The van der Waals surface area contributed by atoms with Crippen LogP contribution in [0.3, 0.4) is 0 Å². The van der Waals surface area contributed by atoms with E-state index in [1.54, 1.807) is 12.1 Å². The van der Waals surface area contributed by atoms with Crippen LogP contribution in [0.4, 0.5) is 0 Å². The van der Waals surface area contributed by atoms with Crippen molar-refractivity contribution in [2.45, 2.75) is 58.3 Å². The molecular weight excluding hydrogens is 280 g/mol. The van der Waals surface area contributed by atoms with Gasteiger partial charge in [-0.1, -0.05) is 64.0 Å². The zero-order valence-corrected chi connectivity index (χ0v) is 13.3. The van der Waals surface area contributed by atoms with Gasteiger partial charge in [-0.15, -0.1) is 0 Å². The third kappa shape index (κ3) is 6.74. The molecule has 1 rings (SSSR count). The van der Waals surface area contributed by atoms with Gasteiger partial charge in [0.15, 0.2) is 0 Å². The maximum absolute atomic E-state index is 11.9. The molecule has 122 valence electrons. The zero-order valence-electron chi connectivity index (χ0n) is 13.3. The van der Waals surface area contributed by atoms with Crippen LogP contribution in [0.5, 0.6) is 0 Å². The lowest BCUT2D eigenvalue weighted by atomic mass is 10.1. The summed E-state index contributed by atoms with van der Waals surface area (Å²) in [5.41, 5.74) is 0.109. The summed E-state index contributed by atoms with van der Waals surface area (Å²) in [6.07, 6.45) is 9.41. The van der Waals surface area contributed by atoms with E-state index in [-0.39, 0.29) is 11.1 Å². The third-order valence-electron chi connectivity index (χ3n) is 3.61. The Bertz CT molecular complexity index is 468. The van der Waals surface area contributed by atoms with Gasteiger partial charge in [-0.05, 0) is 18.6 Å². The van der Waals surface area contributed by atoms with Crippen LogP contribution in [0.25, 0.3) is 0 Å². The molecule has 0 aliphatic rings. The second-order valence-corrected chi connectivity index (χ2v) is 5.46. The van der Waals surface area contributed by atoms with Gasteiger partial charge in [0.1, 0.15) is 0 Å². The summed E-state index contributed by atoms with van der Waals surface area (Å²) in [5, 5.41) is 9.04. The average Bonchev–Trinajstić information content (AvgIpc) is 2.53. The molecule has 0 bridgehead atoms. The number of aromatic carboxylic acids is 1. The highest BCUT2D eigenvalue weighted by Gasteiger charge is 2.16. The van der Waals surface area contributed by atoms with E-state index in [1.165, 1.54) is 44.2 Å². The smallest absolute Gasteiger partial charge is 0.339 e. The summed E-state index contributed by atoms with van der Waals surface area (Å²) < 4.78 is 5.16. The number of hydrogen-bond donors (Lipinski definition) is 1. The minimum absolute atomic E-state index is 0.0107. The standard InChI is InChI=1S/C18H26O4/c1-2-3-4-5-6-7-8-11-14-22-18(21)16-13-10-9-12-15(16)17(19)20/h9-10,12-13H,2-8,11,14H2,1H3,(H,19,20). The van der Waals surface area contributed by atoms with Gasteiger partial charge in [0, 0.05) is 0 Å². The van der Waals surface area contributed by atoms with Crippen molar-refractivity contribution in [3.63, 3.8) is 0 Å². The molecule has 0 saturated carbocycles. The first-order valence-corrected chi connectivity index (χ1v) is 8.16. The van der Waals surface area contributed by atoms with E-state index in [0.29, 0.717) is 6.61 Å². The molecule has 4 heteroatoms. The van der Waals surface area contributed by atoms with E-state index in [9.17, 15) is 9.59 Å². The van der Waals surface area contributed by atoms with Gasteiger partial charge in [0.05, 0.1) is 17.7 Å². The van der Waals surface area contributed by atoms with Crippen LogP contribution in [0.15, 0.2) is 24.3 Å². The number of carbonyl (C=O) groups excluding carboxylic acids is 1. The maximum Gasteiger partial charge on any atom is 0.339 e. The Morgan fingerprint density at radius 2 is 1.45 bits per heavy atom. The molecule has 0 unspecified atom stereocenters. The molecule has 4 nitrogen and oxygen atoms in total. The Balaban J connectivity index is 2.20. The third-order valence-corrected chi connectivity index (χ3v) is 3.61. The predicted octanol–water partition coefficient (Wildman–Crippen LogP) is 4.68. The van der Waals surface area contributed by atoms with Gasteiger partial charge in [-0.25, -0.2) is 9.59 Å². The van der Waals surface area contributed by atoms with Crippen molar-refractivity contribution in [2.75, 3.05) is 6.61 Å². The minimum Gasteiger partial charge on any atom is -0.478 e. The maximum atomic E-state index is 11.9. The Hall–Kier alpha value is -1.84. The first-order valence-electron chi connectivity index (χ1n) is 8.16. The zero-order chi connectivity index (χ0) is 16.2. The molecule has 1 N–H and O–H groups in total. The van der Waals surface area contributed by atoms with Crippen molar-refractivity contribution >= 4 is 11.9 Å². The SMILES string of the molecule is CCCCCCCCCCOC(=O)c1ccccc1C(=O)O. The van der Waals surface area contributed by atoms with Crippen LogP contribution in [0, 0.1) is 0 Å². The number of carboxylic acid groups (broad SMARTS) is 1. The van der Waals surface area contributed by atoms with Gasteiger partial charge in [-0.3, -0.25) is 0 Å². The monoisotopic (exact) mass is 306 g/mol. The number of hydrogen-bond acceptors (Lipinski definition) is 3. The van der Waals surface area contributed by atoms with Gasteiger partial charge in [0.25, 0.3) is 0 Å². The molecule has 0 aliphatic heterocycles. The number of ether oxygens (including phenoxy) is 1. The second-order valence-electron chi connectivity index (χ2n) is 5.46. The Morgan fingerprint density at radius 1 is 0.909 bits per heavy atom. The summed E-state index contributed by atoms with van der Waals surface area (Å²) in [5.74, 6) is -1.67. The van der Waals surface area contributed by atoms with Crippen molar-refractivity contribution < 1.29 is 19.4 Å². The van der Waals surface area contributed by atoms with Crippen molar-refractivity contribution in [2.24, 2.45) is 0 Å². The fourth-order valence-electron chi connectivity index (χ4n) is 2.33. The molecule has 0 spiro atoms. The topological polar surface area (TPSA) is 63.6 Å². The normalized spacial score (nSPS) is 10.4. The molecule has 0 aromatic heterocycles. The van der Waals surface area contributed by atoms with Gasteiger partial charge in [-0.2, -0.15) is 0 Å². The quantitative estimate of drug-likeness (QED) is 0.476. The molecule has 1 aromatic rings. The summed E-state index contributed by atoms with van der Waals surface area (Å²) in [6.45, 7) is 2.55. The van der Waals surface area contributed by atoms with E-state index in [4.69, 9.17) is 9.84 Å². The second kappa shape index (κ2) is 10.8. The number of unbranched alkanes of at least 4 members (excludes halogenated alkanes) is 7. The molecular formula is C18H26O4. The number of benzene rings is 1. The number of esters is 1. The van der Waals surface area contributed by atoms with E-state index in [2.05, 4.69) is 6.92 Å². The summed E-state index contributed by atoms with van der Waals surface area (Å²) >= 11 is 0. The van der Waals surface area contributed by atoms with Gasteiger partial charge < -0.3 is 9.84 Å². The van der Waals surface area contributed by atoms with E-state index in [1.807, 2.05) is 0 Å². The van der Waals surface area contributed by atoms with Crippen molar-refractivity contribution in [1.82, 2.24) is 0 Å². The Morgan fingerprint density at radius 3 is 2.05 bits per heavy atom. The lowest BCUT2D eigenvalue weighted by molar-refractivity contribution is 0.0487. The van der Waals surface area contributed by atoms with Crippen LogP contribution in [-0.4, -0.2) is 23.7 Å². The largest absolute Gasteiger partial charge is 0.478 e.